The van der Waals surface area contributed by atoms with Gasteiger partial charge >= 0.3 is 5.97 Å². The molecule has 5 heteroatoms. The van der Waals surface area contributed by atoms with E-state index in [4.69, 9.17) is 0 Å². The molecule has 1 heterocycles. The first-order valence-corrected chi connectivity index (χ1v) is 12.7. The van der Waals surface area contributed by atoms with E-state index in [0.717, 1.165) is 41.3 Å². The number of hydrogen-bond donors (Lipinski definition) is 2. The Morgan fingerprint density at radius 2 is 1.72 bits per heavy atom. The number of benzene rings is 3. The molecular formula is C31H30N2O3. The standard InChI is InChI=1S/C31H30N2O3/c1-31(30(35)36,28-29(34)33(2)18-20-9-4-6-13-27(20)32-28)26-12-7-11-22-24-15-14-19-8-3-5-10-21(19)23(24)16-17-25(22)26/h3-6,8-10,13-14,16-17,28,32H,7,11-12,15,18H2,1-2H3,(H,35,36)/t28-,31+/m0/s1. The number of nitrogens with one attached hydrogen (secondary N) is 1. The van der Waals surface area contributed by atoms with E-state index in [1.165, 1.54) is 26.8 Å². The van der Waals surface area contributed by atoms with Crippen molar-refractivity contribution < 1.29 is 14.7 Å². The summed E-state index contributed by atoms with van der Waals surface area (Å²) in [6, 6.07) is 19.6. The van der Waals surface area contributed by atoms with E-state index >= 15 is 0 Å². The minimum absolute atomic E-state index is 0.198. The summed E-state index contributed by atoms with van der Waals surface area (Å²) in [6.07, 6.45) is 5.55. The first-order chi connectivity index (χ1) is 17.4. The molecule has 5 nitrogen and oxygen atoms in total. The van der Waals surface area contributed by atoms with E-state index in [0.29, 0.717) is 13.0 Å². The molecule has 0 spiro atoms. The van der Waals surface area contributed by atoms with Crippen LogP contribution in [0.2, 0.25) is 0 Å². The van der Waals surface area contributed by atoms with Crippen molar-refractivity contribution in [2.75, 3.05) is 12.4 Å². The van der Waals surface area contributed by atoms with Gasteiger partial charge in [-0.2, -0.15) is 0 Å². The number of carboxylic acid groups (broad SMARTS) is 1. The lowest BCUT2D eigenvalue weighted by molar-refractivity contribution is -0.149. The first-order valence-electron chi connectivity index (χ1n) is 12.7. The second-order valence-corrected chi connectivity index (χ2v) is 10.4. The Bertz CT molecular complexity index is 1640. The fourth-order valence-electron chi connectivity index (χ4n) is 6.38. The Morgan fingerprint density at radius 1 is 0.972 bits per heavy atom. The number of para-hydroxylation sites is 1. The molecule has 2 aliphatic carbocycles. The van der Waals surface area contributed by atoms with Crippen molar-refractivity contribution in [3.63, 3.8) is 0 Å². The highest BCUT2D eigenvalue weighted by Crippen LogP contribution is 2.41. The molecule has 0 fully saturated rings. The molecule has 36 heavy (non-hydrogen) atoms. The number of carbonyl (C=O) groups excluding carboxylic acids is 1. The smallest absolute Gasteiger partial charge is 0.316 e. The molecule has 2 atom stereocenters. The van der Waals surface area contributed by atoms with Crippen LogP contribution in [-0.2, 0) is 29.0 Å². The van der Waals surface area contributed by atoms with E-state index in [1.807, 2.05) is 24.3 Å². The number of carbonyl (C=O) groups is 2. The summed E-state index contributed by atoms with van der Waals surface area (Å²) < 4.78 is 0. The molecule has 0 saturated heterocycles. The van der Waals surface area contributed by atoms with Crippen LogP contribution in [0.5, 0.6) is 0 Å². The van der Waals surface area contributed by atoms with E-state index in [-0.39, 0.29) is 5.91 Å². The van der Waals surface area contributed by atoms with Crippen LogP contribution in [0, 0.1) is 15.9 Å². The fraction of sp³-hybridized carbons (Fsp3) is 0.290. The number of carboxylic acids is 1. The van der Waals surface area contributed by atoms with Gasteiger partial charge in [-0.3, -0.25) is 9.59 Å². The molecule has 0 aromatic heterocycles. The van der Waals surface area contributed by atoms with Gasteiger partial charge in [0.2, 0.25) is 5.91 Å². The molecule has 1 amide bonds. The van der Waals surface area contributed by atoms with Gasteiger partial charge in [-0.1, -0.05) is 60.7 Å². The van der Waals surface area contributed by atoms with Crippen molar-refractivity contribution >= 4 is 29.2 Å². The summed E-state index contributed by atoms with van der Waals surface area (Å²) in [7, 11) is 1.75. The maximum atomic E-state index is 13.7. The molecule has 0 radical (unpaired) electrons. The van der Waals surface area contributed by atoms with Crippen molar-refractivity contribution in [1.82, 2.24) is 4.90 Å². The van der Waals surface area contributed by atoms with Gasteiger partial charge in [0.1, 0.15) is 11.5 Å². The third-order valence-corrected chi connectivity index (χ3v) is 8.38. The SMILES string of the molecule is CN1Cc2ccccc2N[C@H]([C@](C)(C(=O)O)C2=c3ccc4c(c3CCC2)CC=c2ccccc2=4)C1=O. The first kappa shape index (κ1) is 22.6. The molecule has 6 rings (SSSR count). The van der Waals surface area contributed by atoms with E-state index in [2.05, 4.69) is 47.8 Å². The second-order valence-electron chi connectivity index (χ2n) is 10.4. The number of likely N-dealkylation sites (N-methyl/N-ethyl adjacent to an activating group) is 1. The molecule has 3 aromatic carbocycles. The van der Waals surface area contributed by atoms with Crippen LogP contribution in [0.3, 0.4) is 0 Å². The predicted molar refractivity (Wildman–Crippen MR) is 140 cm³/mol. The molecule has 1 aliphatic heterocycles. The Morgan fingerprint density at radius 3 is 2.56 bits per heavy atom. The van der Waals surface area contributed by atoms with Crippen molar-refractivity contribution in [2.45, 2.75) is 45.2 Å². The number of fused-ring (bicyclic) bond motifs is 5. The zero-order valence-corrected chi connectivity index (χ0v) is 20.7. The van der Waals surface area contributed by atoms with Gasteiger partial charge in [0.05, 0.1) is 0 Å². The van der Waals surface area contributed by atoms with E-state index in [1.54, 1.807) is 18.9 Å². The van der Waals surface area contributed by atoms with Crippen LogP contribution in [0.15, 0.2) is 60.7 Å². The summed E-state index contributed by atoms with van der Waals surface area (Å²) in [5.74, 6) is -1.17. The Kier molecular flexibility index (Phi) is 5.25. The summed E-state index contributed by atoms with van der Waals surface area (Å²) in [6.45, 7) is 2.18. The van der Waals surface area contributed by atoms with Crippen LogP contribution in [0.4, 0.5) is 5.69 Å². The van der Waals surface area contributed by atoms with Crippen LogP contribution in [0.1, 0.15) is 36.5 Å². The highest BCUT2D eigenvalue weighted by Gasteiger charge is 2.51. The molecular weight excluding hydrogens is 448 g/mol. The highest BCUT2D eigenvalue weighted by molar-refractivity contribution is 5.99. The Balaban J connectivity index is 1.61. The second kappa shape index (κ2) is 8.37. The summed E-state index contributed by atoms with van der Waals surface area (Å²) >= 11 is 0. The fourth-order valence-corrected chi connectivity index (χ4v) is 6.38. The van der Waals surface area contributed by atoms with E-state index in [9.17, 15) is 14.7 Å². The molecule has 0 saturated carbocycles. The summed E-state index contributed by atoms with van der Waals surface area (Å²) in [4.78, 5) is 28.4. The number of aliphatic carboxylic acids is 1. The van der Waals surface area contributed by atoms with E-state index < -0.39 is 17.4 Å². The lowest BCUT2D eigenvalue weighted by atomic mass is 9.69. The number of rotatable bonds is 3. The average Bonchev–Trinajstić information content (AvgIpc) is 3.03. The Labute approximate surface area is 210 Å². The van der Waals surface area contributed by atoms with Gasteiger partial charge in [-0.15, -0.1) is 0 Å². The highest BCUT2D eigenvalue weighted by atomic mass is 16.4. The van der Waals surface area contributed by atoms with Crippen molar-refractivity contribution in [1.29, 1.82) is 0 Å². The largest absolute Gasteiger partial charge is 0.481 e. The summed E-state index contributed by atoms with van der Waals surface area (Å²) in [5.41, 5.74) is 3.78. The maximum absolute atomic E-state index is 13.7. The number of hydrogen-bond acceptors (Lipinski definition) is 3. The van der Waals surface area contributed by atoms with Gasteiger partial charge < -0.3 is 15.3 Å². The van der Waals surface area contributed by atoms with Gasteiger partial charge in [0.15, 0.2) is 0 Å². The van der Waals surface area contributed by atoms with Crippen LogP contribution < -0.4 is 15.8 Å². The van der Waals surface area contributed by atoms with Crippen molar-refractivity contribution in [3.05, 3.63) is 98.2 Å². The third kappa shape index (κ3) is 3.29. The normalized spacial score (nSPS) is 19.9. The lowest BCUT2D eigenvalue weighted by Crippen LogP contribution is -2.54. The molecule has 3 aliphatic rings. The molecule has 0 unspecified atom stereocenters. The van der Waals surface area contributed by atoms with Crippen LogP contribution >= 0.6 is 0 Å². The third-order valence-electron chi connectivity index (χ3n) is 8.38. The molecule has 0 bridgehead atoms. The quantitative estimate of drug-likeness (QED) is 0.606. The van der Waals surface area contributed by atoms with Gasteiger partial charge in [-0.05, 0) is 81.8 Å². The Hall–Kier alpha value is -3.86. The topological polar surface area (TPSA) is 69.6 Å². The van der Waals surface area contributed by atoms with Crippen molar-refractivity contribution in [2.24, 2.45) is 5.41 Å². The van der Waals surface area contributed by atoms with Crippen LogP contribution in [0.25, 0.3) is 11.6 Å². The number of anilines is 1. The molecule has 182 valence electrons. The van der Waals surface area contributed by atoms with Gasteiger partial charge in [0.25, 0.3) is 0 Å². The zero-order chi connectivity index (χ0) is 25.0. The minimum atomic E-state index is -1.40. The van der Waals surface area contributed by atoms with Gasteiger partial charge in [0, 0.05) is 19.3 Å². The van der Waals surface area contributed by atoms with Gasteiger partial charge in [-0.25, -0.2) is 0 Å². The average molecular weight is 479 g/mol. The molecule has 3 aromatic rings. The van der Waals surface area contributed by atoms with Crippen molar-refractivity contribution in [3.8, 4) is 0 Å². The lowest BCUT2D eigenvalue weighted by Gasteiger charge is -2.38. The zero-order valence-electron chi connectivity index (χ0n) is 20.7. The number of amides is 1. The monoisotopic (exact) mass is 478 g/mol. The molecule has 2 N–H and O–H groups in total. The minimum Gasteiger partial charge on any atom is -0.481 e. The predicted octanol–water partition coefficient (Wildman–Crippen LogP) is 3.34. The van der Waals surface area contributed by atoms with Crippen LogP contribution in [-0.4, -0.2) is 35.0 Å². The number of nitrogens with zero attached hydrogens (tertiary/aromatic N) is 1. The summed E-state index contributed by atoms with van der Waals surface area (Å²) in [5, 5.41) is 18.8. The maximum Gasteiger partial charge on any atom is 0.316 e.